The summed E-state index contributed by atoms with van der Waals surface area (Å²) in [7, 11) is 0. The summed E-state index contributed by atoms with van der Waals surface area (Å²) in [6, 6.07) is 6.39. The molecule has 1 aromatic heterocycles. The summed E-state index contributed by atoms with van der Waals surface area (Å²) in [5.41, 5.74) is 1.67. The molecule has 0 saturated carbocycles. The number of pyridine rings is 1. The predicted molar refractivity (Wildman–Crippen MR) is 65.8 cm³/mol. The Bertz CT molecular complexity index is 377. The minimum atomic E-state index is 0.447. The summed E-state index contributed by atoms with van der Waals surface area (Å²) in [5, 5.41) is 3.53. The first-order valence-electron chi connectivity index (χ1n) is 6.27. The molecule has 3 rings (SSSR count). The van der Waals surface area contributed by atoms with Gasteiger partial charge in [0.2, 0.25) is 0 Å². The number of anilines is 1. The van der Waals surface area contributed by atoms with Gasteiger partial charge in [0.25, 0.3) is 0 Å². The molecule has 1 aromatic rings. The molecule has 0 aromatic carbocycles. The maximum absolute atomic E-state index is 4.71. The topological polar surface area (TPSA) is 28.2 Å². The fourth-order valence-corrected chi connectivity index (χ4v) is 2.63. The van der Waals surface area contributed by atoms with E-state index in [9.17, 15) is 0 Å². The standard InChI is InChI=1S/C13H19N3/c1-2-4-11-5-3-6-12(15-11)16-9-13(10-16)7-8-14-13/h3,5-6,14H,2,4,7-10H2,1H3. The highest BCUT2D eigenvalue weighted by Gasteiger charge is 2.47. The highest BCUT2D eigenvalue weighted by Crippen LogP contribution is 2.33. The number of rotatable bonds is 3. The van der Waals surface area contributed by atoms with E-state index in [4.69, 9.17) is 4.98 Å². The third kappa shape index (κ3) is 1.59. The fourth-order valence-electron chi connectivity index (χ4n) is 2.63. The summed E-state index contributed by atoms with van der Waals surface area (Å²) < 4.78 is 0. The molecular formula is C13H19N3. The molecule has 3 heterocycles. The van der Waals surface area contributed by atoms with Crippen LogP contribution in [0.2, 0.25) is 0 Å². The highest BCUT2D eigenvalue weighted by atomic mass is 15.3. The zero-order valence-corrected chi connectivity index (χ0v) is 9.87. The number of aromatic nitrogens is 1. The molecule has 2 aliphatic heterocycles. The largest absolute Gasteiger partial charge is 0.353 e. The van der Waals surface area contributed by atoms with Gasteiger partial charge in [0.05, 0.1) is 5.54 Å². The van der Waals surface area contributed by atoms with Crippen LogP contribution in [0, 0.1) is 0 Å². The van der Waals surface area contributed by atoms with Crippen LogP contribution >= 0.6 is 0 Å². The van der Waals surface area contributed by atoms with Crippen LogP contribution in [0.1, 0.15) is 25.5 Å². The van der Waals surface area contributed by atoms with Crippen molar-refractivity contribution in [3.05, 3.63) is 23.9 Å². The first-order valence-corrected chi connectivity index (χ1v) is 6.27. The molecule has 3 nitrogen and oxygen atoms in total. The lowest BCUT2D eigenvalue weighted by molar-refractivity contribution is 0.158. The molecule has 86 valence electrons. The summed E-state index contributed by atoms with van der Waals surface area (Å²) in [6.07, 6.45) is 3.59. The van der Waals surface area contributed by atoms with E-state index in [-0.39, 0.29) is 0 Å². The number of hydrogen-bond donors (Lipinski definition) is 1. The fraction of sp³-hybridized carbons (Fsp3) is 0.615. The third-order valence-corrected chi connectivity index (χ3v) is 3.71. The Morgan fingerprint density at radius 1 is 1.44 bits per heavy atom. The Hall–Kier alpha value is -1.09. The normalized spacial score (nSPS) is 21.7. The van der Waals surface area contributed by atoms with Gasteiger partial charge in [-0.25, -0.2) is 4.98 Å². The second-order valence-electron chi connectivity index (χ2n) is 5.05. The molecule has 2 aliphatic rings. The van der Waals surface area contributed by atoms with E-state index in [1.807, 2.05) is 0 Å². The van der Waals surface area contributed by atoms with Gasteiger partial charge in [0.1, 0.15) is 5.82 Å². The summed E-state index contributed by atoms with van der Waals surface area (Å²) in [4.78, 5) is 7.09. The monoisotopic (exact) mass is 217 g/mol. The minimum Gasteiger partial charge on any atom is -0.353 e. The Morgan fingerprint density at radius 2 is 2.25 bits per heavy atom. The molecule has 1 N–H and O–H groups in total. The van der Waals surface area contributed by atoms with Gasteiger partial charge in [-0.3, -0.25) is 0 Å². The second kappa shape index (κ2) is 3.74. The van der Waals surface area contributed by atoms with Gasteiger partial charge in [-0.1, -0.05) is 19.4 Å². The molecule has 0 radical (unpaired) electrons. The van der Waals surface area contributed by atoms with E-state index < -0.39 is 0 Å². The van der Waals surface area contributed by atoms with Crippen LogP contribution in [0.3, 0.4) is 0 Å². The van der Waals surface area contributed by atoms with Crippen LogP contribution in [-0.2, 0) is 6.42 Å². The van der Waals surface area contributed by atoms with Crippen molar-refractivity contribution < 1.29 is 0 Å². The van der Waals surface area contributed by atoms with Crippen LogP contribution in [0.5, 0.6) is 0 Å². The summed E-state index contributed by atoms with van der Waals surface area (Å²) in [6.45, 7) is 5.66. The zero-order valence-electron chi connectivity index (χ0n) is 9.87. The Balaban J connectivity index is 1.68. The molecule has 0 bridgehead atoms. The molecule has 16 heavy (non-hydrogen) atoms. The van der Waals surface area contributed by atoms with Gasteiger partial charge in [0, 0.05) is 18.8 Å². The van der Waals surface area contributed by atoms with Gasteiger partial charge in [-0.15, -0.1) is 0 Å². The maximum Gasteiger partial charge on any atom is 0.128 e. The van der Waals surface area contributed by atoms with Crippen molar-refractivity contribution in [2.24, 2.45) is 0 Å². The molecule has 0 unspecified atom stereocenters. The van der Waals surface area contributed by atoms with E-state index in [1.165, 1.54) is 25.1 Å². The average Bonchev–Trinajstić information content (AvgIpc) is 2.14. The lowest BCUT2D eigenvalue weighted by Crippen LogP contribution is -2.76. The molecule has 0 atom stereocenters. The minimum absolute atomic E-state index is 0.447. The van der Waals surface area contributed by atoms with Crippen molar-refractivity contribution in [1.82, 2.24) is 10.3 Å². The molecule has 2 saturated heterocycles. The van der Waals surface area contributed by atoms with Crippen molar-refractivity contribution in [3.8, 4) is 0 Å². The van der Waals surface area contributed by atoms with Crippen LogP contribution in [0.25, 0.3) is 0 Å². The lowest BCUT2D eigenvalue weighted by atomic mass is 9.80. The smallest absolute Gasteiger partial charge is 0.128 e. The number of nitrogens with zero attached hydrogens (tertiary/aromatic N) is 2. The van der Waals surface area contributed by atoms with E-state index in [0.717, 1.165) is 25.3 Å². The SMILES string of the molecule is CCCc1cccc(N2CC3(CCN3)C2)n1. The molecule has 0 amide bonds. The van der Waals surface area contributed by atoms with Gasteiger partial charge >= 0.3 is 0 Å². The first-order chi connectivity index (χ1) is 7.81. The molecule has 0 aliphatic carbocycles. The Morgan fingerprint density at radius 3 is 2.88 bits per heavy atom. The van der Waals surface area contributed by atoms with Crippen molar-refractivity contribution >= 4 is 5.82 Å². The van der Waals surface area contributed by atoms with E-state index >= 15 is 0 Å². The van der Waals surface area contributed by atoms with Crippen LogP contribution in [0.15, 0.2) is 18.2 Å². The van der Waals surface area contributed by atoms with E-state index in [0.29, 0.717) is 5.54 Å². The average molecular weight is 217 g/mol. The van der Waals surface area contributed by atoms with Gasteiger partial charge in [0.15, 0.2) is 0 Å². The van der Waals surface area contributed by atoms with E-state index in [1.54, 1.807) is 0 Å². The molecule has 2 fully saturated rings. The maximum atomic E-state index is 4.71. The summed E-state index contributed by atoms with van der Waals surface area (Å²) in [5.74, 6) is 1.16. The lowest BCUT2D eigenvalue weighted by Gasteiger charge is -2.57. The van der Waals surface area contributed by atoms with Crippen molar-refractivity contribution in [2.45, 2.75) is 31.7 Å². The van der Waals surface area contributed by atoms with Crippen LogP contribution in [-0.4, -0.2) is 30.2 Å². The Kier molecular flexibility index (Phi) is 2.36. The quantitative estimate of drug-likeness (QED) is 0.833. The second-order valence-corrected chi connectivity index (χ2v) is 5.05. The Labute approximate surface area is 96.9 Å². The molecule has 1 spiro atoms. The zero-order chi connectivity index (χ0) is 11.0. The number of hydrogen-bond acceptors (Lipinski definition) is 3. The number of aryl methyl sites for hydroxylation is 1. The van der Waals surface area contributed by atoms with Gasteiger partial charge in [-0.2, -0.15) is 0 Å². The van der Waals surface area contributed by atoms with Crippen molar-refractivity contribution in [3.63, 3.8) is 0 Å². The van der Waals surface area contributed by atoms with Crippen LogP contribution < -0.4 is 10.2 Å². The van der Waals surface area contributed by atoms with Gasteiger partial charge < -0.3 is 10.2 Å². The third-order valence-electron chi connectivity index (χ3n) is 3.71. The van der Waals surface area contributed by atoms with Crippen molar-refractivity contribution in [1.29, 1.82) is 0 Å². The molecular weight excluding hydrogens is 198 g/mol. The summed E-state index contributed by atoms with van der Waals surface area (Å²) >= 11 is 0. The number of nitrogens with one attached hydrogen (secondary N) is 1. The first kappa shape index (κ1) is 10.1. The van der Waals surface area contributed by atoms with E-state index in [2.05, 4.69) is 35.3 Å². The predicted octanol–water partition coefficient (Wildman–Crippen LogP) is 1.59. The van der Waals surface area contributed by atoms with Crippen molar-refractivity contribution in [2.75, 3.05) is 24.5 Å². The van der Waals surface area contributed by atoms with Gasteiger partial charge in [-0.05, 0) is 31.5 Å². The molecule has 3 heteroatoms. The highest BCUT2D eigenvalue weighted by molar-refractivity contribution is 5.46. The van der Waals surface area contributed by atoms with Crippen LogP contribution in [0.4, 0.5) is 5.82 Å².